The van der Waals surface area contributed by atoms with E-state index in [2.05, 4.69) is 25.9 Å². The van der Waals surface area contributed by atoms with E-state index in [0.29, 0.717) is 12.5 Å². The Morgan fingerprint density at radius 3 is 2.71 bits per heavy atom. The number of anilines is 3. The van der Waals surface area contributed by atoms with Crippen molar-refractivity contribution in [2.45, 2.75) is 45.1 Å². The number of hydrogen-bond acceptors (Lipinski definition) is 9. The Balaban J connectivity index is 1.86. The first-order valence-electron chi connectivity index (χ1n) is 11.3. The van der Waals surface area contributed by atoms with E-state index in [0.717, 1.165) is 16.0 Å². The number of rotatable bonds is 11. The highest BCUT2D eigenvalue weighted by Gasteiger charge is 2.47. The molecule has 192 valence electrons. The molecule has 0 bridgehead atoms. The van der Waals surface area contributed by atoms with E-state index in [-0.39, 0.29) is 42.9 Å². The second-order valence-corrected chi connectivity index (χ2v) is 8.12. The Kier molecular flexibility index (Phi) is 8.67. The number of hydrogen-bond donors (Lipinski definition) is 3. The van der Waals surface area contributed by atoms with Crippen LogP contribution in [0.2, 0.25) is 0 Å². The van der Waals surface area contributed by atoms with Crippen LogP contribution < -0.4 is 26.4 Å². The summed E-state index contributed by atoms with van der Waals surface area (Å²) >= 11 is 0. The van der Waals surface area contributed by atoms with Gasteiger partial charge in [-0.15, -0.1) is 0 Å². The zero-order valence-electron chi connectivity index (χ0n) is 19.9. The molecule has 0 amide bonds. The minimum Gasteiger partial charge on any atom is -0.373 e. The number of carbonyl (C=O) groups is 1. The number of halogens is 3. The van der Waals surface area contributed by atoms with Crippen LogP contribution in [0.3, 0.4) is 0 Å². The van der Waals surface area contributed by atoms with Crippen LogP contribution in [0.15, 0.2) is 29.2 Å². The van der Waals surface area contributed by atoms with Crippen LogP contribution in [-0.2, 0) is 11.3 Å². The van der Waals surface area contributed by atoms with Gasteiger partial charge >= 0.3 is 6.18 Å². The lowest BCUT2D eigenvalue weighted by molar-refractivity contribution is -0.152. The number of carbonyl (C=O) groups excluding carboxylic acids is 1. The topological polar surface area (TPSA) is 113 Å². The summed E-state index contributed by atoms with van der Waals surface area (Å²) in [5, 5.41) is 8.78. The molecule has 13 heteroatoms. The van der Waals surface area contributed by atoms with Crippen molar-refractivity contribution in [3.63, 3.8) is 0 Å². The molecule has 0 unspecified atom stereocenters. The van der Waals surface area contributed by atoms with Crippen LogP contribution in [0.25, 0.3) is 0 Å². The Bertz CT molecular complexity index is 1060. The number of ketones is 1. The van der Waals surface area contributed by atoms with Crippen molar-refractivity contribution in [2.24, 2.45) is 0 Å². The standard InChI is InChI=1S/C22H30F3N7O3/c1-4-27-13-35-14(2)10-28-19-9-20(34)31-8-7-17(22(23,24)25)32(21(31)30-19)12-16(33)15-5-6-18(26-3)29-11-15/h5-6,9,11,14,17,27-28H,4,7-8,10,12-13H2,1-3H3,(H,26,29)/t14-,17-/m0/s1. The maximum Gasteiger partial charge on any atom is 0.408 e. The normalized spacial score (nSPS) is 16.5. The summed E-state index contributed by atoms with van der Waals surface area (Å²) in [7, 11) is 1.66. The first kappa shape index (κ1) is 26.4. The third-order valence-electron chi connectivity index (χ3n) is 5.57. The maximum absolute atomic E-state index is 13.9. The quantitative estimate of drug-likeness (QED) is 0.244. The molecule has 0 aromatic carbocycles. The predicted octanol–water partition coefficient (Wildman–Crippen LogP) is 2.09. The summed E-state index contributed by atoms with van der Waals surface area (Å²) in [6, 6.07) is 2.32. The summed E-state index contributed by atoms with van der Waals surface area (Å²) in [6.07, 6.45) is -3.93. The molecule has 0 fully saturated rings. The van der Waals surface area contributed by atoms with Crippen LogP contribution in [0.5, 0.6) is 0 Å². The van der Waals surface area contributed by atoms with Gasteiger partial charge in [0.05, 0.1) is 19.4 Å². The van der Waals surface area contributed by atoms with Crippen molar-refractivity contribution in [1.82, 2.24) is 19.9 Å². The van der Waals surface area contributed by atoms with Crippen molar-refractivity contribution in [3.8, 4) is 0 Å². The Hall–Kier alpha value is -3.19. The van der Waals surface area contributed by atoms with Gasteiger partial charge < -0.3 is 20.3 Å². The molecule has 0 saturated carbocycles. The smallest absolute Gasteiger partial charge is 0.373 e. The molecule has 0 saturated heterocycles. The Morgan fingerprint density at radius 1 is 1.31 bits per heavy atom. The van der Waals surface area contributed by atoms with Gasteiger partial charge in [-0.3, -0.25) is 19.5 Å². The van der Waals surface area contributed by atoms with Gasteiger partial charge in [0.25, 0.3) is 5.56 Å². The van der Waals surface area contributed by atoms with Crippen LogP contribution in [-0.4, -0.2) is 72.1 Å². The van der Waals surface area contributed by atoms with E-state index >= 15 is 0 Å². The van der Waals surface area contributed by atoms with Gasteiger partial charge in [-0.1, -0.05) is 6.92 Å². The molecule has 3 heterocycles. The van der Waals surface area contributed by atoms with Crippen molar-refractivity contribution < 1.29 is 22.7 Å². The molecule has 3 rings (SSSR count). The lowest BCUT2D eigenvalue weighted by atomic mass is 10.1. The number of Topliss-reactive ketones (excluding diaryl/α,β-unsaturated/α-hetero) is 1. The third-order valence-corrected chi connectivity index (χ3v) is 5.57. The number of pyridine rings is 1. The fourth-order valence-electron chi connectivity index (χ4n) is 3.64. The number of aromatic nitrogens is 3. The van der Waals surface area contributed by atoms with Crippen LogP contribution in [0.4, 0.5) is 30.8 Å². The summed E-state index contributed by atoms with van der Waals surface area (Å²) in [6.45, 7) is 4.36. The number of ether oxygens (including phenoxy) is 1. The molecule has 35 heavy (non-hydrogen) atoms. The summed E-state index contributed by atoms with van der Waals surface area (Å²) in [4.78, 5) is 34.8. The summed E-state index contributed by atoms with van der Waals surface area (Å²) in [5.41, 5.74) is -0.345. The van der Waals surface area contributed by atoms with Gasteiger partial charge in [0, 0.05) is 38.0 Å². The second-order valence-electron chi connectivity index (χ2n) is 8.12. The number of alkyl halides is 3. The molecule has 0 spiro atoms. The predicted molar refractivity (Wildman–Crippen MR) is 126 cm³/mol. The molecule has 2 aromatic rings. The van der Waals surface area contributed by atoms with Crippen molar-refractivity contribution in [1.29, 1.82) is 0 Å². The fourth-order valence-corrected chi connectivity index (χ4v) is 3.64. The van der Waals surface area contributed by atoms with Gasteiger partial charge in [0.1, 0.15) is 17.7 Å². The molecule has 0 radical (unpaired) electrons. The molecule has 2 atom stereocenters. The van der Waals surface area contributed by atoms with Gasteiger partial charge in [0.15, 0.2) is 5.78 Å². The monoisotopic (exact) mass is 497 g/mol. The van der Waals surface area contributed by atoms with Gasteiger partial charge in [0.2, 0.25) is 5.95 Å². The second kappa shape index (κ2) is 11.5. The molecule has 3 N–H and O–H groups in total. The number of nitrogens with one attached hydrogen (secondary N) is 3. The van der Waals surface area contributed by atoms with Crippen LogP contribution in [0.1, 0.15) is 30.6 Å². The zero-order chi connectivity index (χ0) is 25.6. The maximum atomic E-state index is 13.9. The minimum absolute atomic E-state index is 0.112. The first-order chi connectivity index (χ1) is 16.6. The minimum atomic E-state index is -4.62. The van der Waals surface area contributed by atoms with Crippen molar-refractivity contribution >= 4 is 23.4 Å². The van der Waals surface area contributed by atoms with Crippen LogP contribution in [0, 0.1) is 0 Å². The molecular formula is C22H30F3N7O3. The Morgan fingerprint density at radius 2 is 2.09 bits per heavy atom. The average Bonchev–Trinajstić information content (AvgIpc) is 2.82. The molecular weight excluding hydrogens is 467 g/mol. The van der Waals surface area contributed by atoms with Crippen LogP contribution >= 0.6 is 0 Å². The Labute approximate surface area is 200 Å². The van der Waals surface area contributed by atoms with Crippen molar-refractivity contribution in [3.05, 3.63) is 40.3 Å². The lowest BCUT2D eigenvalue weighted by Gasteiger charge is -2.38. The largest absolute Gasteiger partial charge is 0.408 e. The SMILES string of the molecule is CCNCO[C@@H](C)CNc1cc(=O)n2c(n1)N(CC(=O)c1ccc(NC)nc1)[C@H](C(F)(F)F)CC2. The summed E-state index contributed by atoms with van der Waals surface area (Å²) in [5.74, 6) is -0.144. The first-order valence-corrected chi connectivity index (χ1v) is 11.3. The molecule has 1 aliphatic heterocycles. The summed E-state index contributed by atoms with van der Waals surface area (Å²) < 4.78 is 48.4. The van der Waals surface area contributed by atoms with Gasteiger partial charge in [-0.2, -0.15) is 18.2 Å². The zero-order valence-corrected chi connectivity index (χ0v) is 19.9. The fraction of sp³-hybridized carbons (Fsp3) is 0.545. The van der Waals surface area contributed by atoms with E-state index in [9.17, 15) is 22.8 Å². The highest BCUT2D eigenvalue weighted by atomic mass is 19.4. The van der Waals surface area contributed by atoms with E-state index in [1.165, 1.54) is 18.3 Å². The average molecular weight is 498 g/mol. The highest BCUT2D eigenvalue weighted by Crippen LogP contribution is 2.34. The highest BCUT2D eigenvalue weighted by molar-refractivity contribution is 5.99. The number of fused-ring (bicyclic) bond motifs is 1. The molecule has 1 aliphatic rings. The van der Waals surface area contributed by atoms with E-state index in [1.807, 2.05) is 13.8 Å². The molecule has 2 aromatic heterocycles. The van der Waals surface area contributed by atoms with Crippen molar-refractivity contribution in [2.75, 3.05) is 48.9 Å². The molecule has 10 nitrogen and oxygen atoms in total. The molecule has 0 aliphatic carbocycles. The van der Waals surface area contributed by atoms with Gasteiger partial charge in [-0.05, 0) is 32.0 Å². The van der Waals surface area contributed by atoms with E-state index < -0.39 is 30.1 Å². The van der Waals surface area contributed by atoms with Gasteiger partial charge in [-0.25, -0.2) is 4.98 Å². The lowest BCUT2D eigenvalue weighted by Crippen LogP contribution is -2.54. The van der Waals surface area contributed by atoms with E-state index in [4.69, 9.17) is 4.74 Å². The van der Waals surface area contributed by atoms with E-state index in [1.54, 1.807) is 13.1 Å². The third kappa shape index (κ3) is 6.69. The number of nitrogens with zero attached hydrogens (tertiary/aromatic N) is 4.